The predicted octanol–water partition coefficient (Wildman–Crippen LogP) is 4.96. The maximum atomic E-state index is 5.96. The Balaban J connectivity index is 2.23. The molecule has 3 nitrogen and oxygen atoms in total. The average Bonchev–Trinajstić information content (AvgIpc) is 2.81. The molecule has 1 aromatic heterocycles. The molecule has 0 saturated carbocycles. The summed E-state index contributed by atoms with van der Waals surface area (Å²) >= 11 is 5.76. The Morgan fingerprint density at radius 1 is 1.10 bits per heavy atom. The van der Waals surface area contributed by atoms with Crippen molar-refractivity contribution >= 4 is 44.4 Å². The molecular weight excluding hydrogens is 431 g/mol. The third-order valence-electron chi connectivity index (χ3n) is 2.96. The van der Waals surface area contributed by atoms with Gasteiger partial charge in [0.1, 0.15) is 5.69 Å². The lowest BCUT2D eigenvalue weighted by atomic mass is 10.0. The first kappa shape index (κ1) is 13.6. The van der Waals surface area contributed by atoms with Gasteiger partial charge < -0.3 is 10.3 Å². The minimum Gasteiger partial charge on any atom is -0.367 e. The quantitative estimate of drug-likeness (QED) is 0.573. The number of nitrogen functional groups attached to an aromatic ring is 1. The summed E-state index contributed by atoms with van der Waals surface area (Å²) in [7, 11) is 0. The molecule has 0 atom stereocenters. The van der Waals surface area contributed by atoms with E-state index in [9.17, 15) is 0 Å². The second kappa shape index (κ2) is 5.57. The fraction of sp³-hybridized carbons (Fsp3) is 0. The molecule has 3 rings (SSSR count). The Hall–Kier alpha value is -1.34. The molecule has 0 spiro atoms. The number of nitrogens with zero attached hydrogens (tertiary/aromatic N) is 1. The monoisotopic (exact) mass is 440 g/mol. The third kappa shape index (κ3) is 2.47. The zero-order valence-corrected chi connectivity index (χ0v) is 14.1. The van der Waals surface area contributed by atoms with Crippen molar-refractivity contribution in [2.24, 2.45) is 0 Å². The molecule has 0 aliphatic heterocycles. The van der Waals surface area contributed by atoms with Gasteiger partial charge in [0.15, 0.2) is 0 Å². The Bertz CT molecular complexity index is 770. The van der Waals surface area contributed by atoms with Gasteiger partial charge in [-0.25, -0.2) is 0 Å². The van der Waals surface area contributed by atoms with Crippen LogP contribution >= 0.6 is 38.5 Å². The summed E-state index contributed by atoms with van der Waals surface area (Å²) < 4.78 is 7.30. The maximum Gasteiger partial charge on any atom is 0.230 e. The molecule has 5 heteroatoms. The average molecular weight is 441 g/mol. The van der Waals surface area contributed by atoms with Crippen molar-refractivity contribution < 1.29 is 4.52 Å². The van der Waals surface area contributed by atoms with Gasteiger partial charge in [0, 0.05) is 13.6 Å². The smallest absolute Gasteiger partial charge is 0.230 e. The third-order valence-corrected chi connectivity index (χ3v) is 4.39. The van der Waals surface area contributed by atoms with Crippen LogP contribution in [0.25, 0.3) is 22.4 Å². The Morgan fingerprint density at radius 2 is 1.90 bits per heavy atom. The van der Waals surface area contributed by atoms with Crippen molar-refractivity contribution in [1.29, 1.82) is 0 Å². The summed E-state index contributed by atoms with van der Waals surface area (Å²) in [6, 6.07) is 16.0. The van der Waals surface area contributed by atoms with E-state index < -0.39 is 0 Å². The van der Waals surface area contributed by atoms with Gasteiger partial charge in [0.25, 0.3) is 0 Å². The van der Waals surface area contributed by atoms with Gasteiger partial charge in [0.05, 0.1) is 5.56 Å². The second-order valence-electron chi connectivity index (χ2n) is 4.26. The van der Waals surface area contributed by atoms with Crippen molar-refractivity contribution in [3.8, 4) is 22.4 Å². The predicted molar refractivity (Wildman–Crippen MR) is 92.2 cm³/mol. The number of halogens is 2. The van der Waals surface area contributed by atoms with Crippen LogP contribution in [-0.4, -0.2) is 5.16 Å². The number of benzene rings is 2. The fourth-order valence-corrected chi connectivity index (χ4v) is 3.10. The molecule has 2 N–H and O–H groups in total. The van der Waals surface area contributed by atoms with E-state index in [0.29, 0.717) is 5.88 Å². The number of rotatable bonds is 2. The standard InChI is InChI=1S/C15H10BrIN2O/c16-10-5-3-4-9(8-10)13-14(19-20-15(13)18)11-6-1-2-7-12(11)17/h1-8H,18H2. The highest BCUT2D eigenvalue weighted by molar-refractivity contribution is 14.1. The zero-order chi connectivity index (χ0) is 14.1. The fourth-order valence-electron chi connectivity index (χ4n) is 2.06. The Labute approximate surface area is 138 Å². The molecule has 0 amide bonds. The molecule has 2 aromatic carbocycles. The summed E-state index contributed by atoms with van der Waals surface area (Å²) in [5, 5.41) is 4.13. The molecular formula is C15H10BrIN2O. The van der Waals surface area contributed by atoms with Gasteiger partial charge >= 0.3 is 0 Å². The summed E-state index contributed by atoms with van der Waals surface area (Å²) in [5.41, 5.74) is 9.56. The lowest BCUT2D eigenvalue weighted by Gasteiger charge is -2.05. The molecule has 20 heavy (non-hydrogen) atoms. The van der Waals surface area contributed by atoms with Gasteiger partial charge in [0.2, 0.25) is 5.88 Å². The van der Waals surface area contributed by atoms with Crippen molar-refractivity contribution in [2.45, 2.75) is 0 Å². The summed E-state index contributed by atoms with van der Waals surface area (Å²) in [6.45, 7) is 0. The van der Waals surface area contributed by atoms with Gasteiger partial charge in [-0.05, 0) is 46.4 Å². The normalized spacial score (nSPS) is 10.7. The van der Waals surface area contributed by atoms with E-state index in [0.717, 1.165) is 30.4 Å². The zero-order valence-electron chi connectivity index (χ0n) is 10.3. The number of hydrogen-bond acceptors (Lipinski definition) is 3. The molecule has 100 valence electrons. The highest BCUT2D eigenvalue weighted by Gasteiger charge is 2.18. The van der Waals surface area contributed by atoms with E-state index >= 15 is 0 Å². The van der Waals surface area contributed by atoms with E-state index in [1.807, 2.05) is 48.5 Å². The summed E-state index contributed by atoms with van der Waals surface area (Å²) in [5.74, 6) is 0.331. The van der Waals surface area contributed by atoms with Crippen LogP contribution < -0.4 is 5.73 Å². The maximum absolute atomic E-state index is 5.96. The van der Waals surface area contributed by atoms with Crippen LogP contribution in [0.3, 0.4) is 0 Å². The van der Waals surface area contributed by atoms with Crippen LogP contribution in [0.4, 0.5) is 5.88 Å². The van der Waals surface area contributed by atoms with E-state index in [1.165, 1.54) is 0 Å². The first-order chi connectivity index (χ1) is 9.66. The highest BCUT2D eigenvalue weighted by Crippen LogP contribution is 2.38. The summed E-state index contributed by atoms with van der Waals surface area (Å²) in [6.07, 6.45) is 0. The Morgan fingerprint density at radius 3 is 2.65 bits per heavy atom. The largest absolute Gasteiger partial charge is 0.367 e. The molecule has 0 aliphatic carbocycles. The second-order valence-corrected chi connectivity index (χ2v) is 6.34. The SMILES string of the molecule is Nc1onc(-c2ccccc2I)c1-c1cccc(Br)c1. The number of hydrogen-bond donors (Lipinski definition) is 1. The van der Waals surface area contributed by atoms with Crippen LogP contribution in [0.2, 0.25) is 0 Å². The minimum atomic E-state index is 0.331. The van der Waals surface area contributed by atoms with Crippen LogP contribution in [0.1, 0.15) is 0 Å². The Kier molecular flexibility index (Phi) is 3.80. The summed E-state index contributed by atoms with van der Waals surface area (Å²) in [4.78, 5) is 0. The van der Waals surface area contributed by atoms with Crippen molar-refractivity contribution in [1.82, 2.24) is 5.16 Å². The molecule has 1 heterocycles. The molecule has 0 saturated heterocycles. The van der Waals surface area contributed by atoms with Crippen molar-refractivity contribution in [2.75, 3.05) is 5.73 Å². The molecule has 3 aromatic rings. The van der Waals surface area contributed by atoms with Gasteiger partial charge in [-0.3, -0.25) is 0 Å². The van der Waals surface area contributed by atoms with E-state index in [1.54, 1.807) is 0 Å². The van der Waals surface area contributed by atoms with Gasteiger partial charge in [-0.1, -0.05) is 51.4 Å². The van der Waals surface area contributed by atoms with E-state index in [4.69, 9.17) is 10.3 Å². The van der Waals surface area contributed by atoms with Crippen LogP contribution in [0.5, 0.6) is 0 Å². The first-order valence-electron chi connectivity index (χ1n) is 5.93. The first-order valence-corrected chi connectivity index (χ1v) is 7.80. The van der Waals surface area contributed by atoms with Gasteiger partial charge in [-0.2, -0.15) is 0 Å². The van der Waals surface area contributed by atoms with E-state index in [-0.39, 0.29) is 0 Å². The minimum absolute atomic E-state index is 0.331. The molecule has 0 radical (unpaired) electrons. The number of aromatic nitrogens is 1. The molecule has 0 bridgehead atoms. The molecule has 0 unspecified atom stereocenters. The van der Waals surface area contributed by atoms with Crippen LogP contribution in [0.15, 0.2) is 57.5 Å². The lowest BCUT2D eigenvalue weighted by molar-refractivity contribution is 0.439. The van der Waals surface area contributed by atoms with Crippen LogP contribution in [-0.2, 0) is 0 Å². The lowest BCUT2D eigenvalue weighted by Crippen LogP contribution is -1.89. The number of anilines is 1. The van der Waals surface area contributed by atoms with Crippen molar-refractivity contribution in [3.05, 3.63) is 56.6 Å². The van der Waals surface area contributed by atoms with E-state index in [2.05, 4.69) is 43.7 Å². The molecule has 0 aliphatic rings. The topological polar surface area (TPSA) is 52.0 Å². The highest BCUT2D eigenvalue weighted by atomic mass is 127. The van der Waals surface area contributed by atoms with Crippen molar-refractivity contribution in [3.63, 3.8) is 0 Å². The van der Waals surface area contributed by atoms with Crippen LogP contribution in [0, 0.1) is 3.57 Å². The molecule has 0 fully saturated rings. The van der Waals surface area contributed by atoms with Gasteiger partial charge in [-0.15, -0.1) is 0 Å². The number of nitrogens with two attached hydrogens (primary N) is 1.